The molecule has 18 heavy (non-hydrogen) atoms. The highest BCUT2D eigenvalue weighted by molar-refractivity contribution is 7.89. The average molecular weight is 271 g/mol. The van der Waals surface area contributed by atoms with Crippen LogP contribution in [0.3, 0.4) is 0 Å². The van der Waals surface area contributed by atoms with Crippen LogP contribution in [-0.2, 0) is 10.0 Å². The molecule has 0 radical (unpaired) electrons. The fraction of sp³-hybridized carbons (Fsp3) is 0.500. The fourth-order valence-corrected chi connectivity index (χ4v) is 2.13. The summed E-state index contributed by atoms with van der Waals surface area (Å²) < 4.78 is 22.4. The maximum absolute atomic E-state index is 11.2. The number of benzene rings is 1. The Morgan fingerprint density at radius 2 is 1.83 bits per heavy atom. The van der Waals surface area contributed by atoms with Crippen LogP contribution >= 0.6 is 0 Å². The molecule has 0 bridgehead atoms. The Labute approximate surface area is 109 Å². The quantitative estimate of drug-likeness (QED) is 0.712. The van der Waals surface area contributed by atoms with Crippen molar-refractivity contribution in [1.82, 2.24) is 0 Å². The summed E-state index contributed by atoms with van der Waals surface area (Å²) in [6, 6.07) is 4.49. The summed E-state index contributed by atoms with van der Waals surface area (Å²) in [6.07, 6.45) is 1.89. The molecule has 0 aliphatic carbocycles. The number of nitrogens with one attached hydrogen (secondary N) is 1. The Morgan fingerprint density at radius 3 is 2.22 bits per heavy atom. The molecular formula is C12H21N3O2S. The second-order valence-electron chi connectivity index (χ2n) is 4.69. The summed E-state index contributed by atoms with van der Waals surface area (Å²) in [5, 5.41) is 8.39. The number of nitrogens with two attached hydrogens (primary N) is 2. The van der Waals surface area contributed by atoms with Gasteiger partial charge >= 0.3 is 0 Å². The van der Waals surface area contributed by atoms with Crippen molar-refractivity contribution in [2.45, 2.75) is 44.0 Å². The van der Waals surface area contributed by atoms with Crippen LogP contribution in [0.2, 0.25) is 0 Å². The maximum atomic E-state index is 11.2. The minimum atomic E-state index is -3.70. The summed E-state index contributed by atoms with van der Waals surface area (Å²) in [7, 11) is -3.70. The van der Waals surface area contributed by atoms with Crippen LogP contribution in [0.4, 0.5) is 11.4 Å². The Bertz CT molecular complexity index is 522. The van der Waals surface area contributed by atoms with Gasteiger partial charge in [0.05, 0.1) is 16.3 Å². The van der Waals surface area contributed by atoms with E-state index in [4.69, 9.17) is 10.9 Å². The van der Waals surface area contributed by atoms with Gasteiger partial charge in [-0.05, 0) is 38.0 Å². The third kappa shape index (κ3) is 3.36. The minimum absolute atomic E-state index is 0.0280. The van der Waals surface area contributed by atoms with Crippen LogP contribution in [0.1, 0.15) is 33.6 Å². The molecule has 0 atom stereocenters. The molecule has 0 fully saturated rings. The van der Waals surface area contributed by atoms with Crippen molar-refractivity contribution < 1.29 is 8.42 Å². The molecule has 0 aromatic heterocycles. The van der Waals surface area contributed by atoms with E-state index < -0.39 is 10.0 Å². The van der Waals surface area contributed by atoms with Crippen molar-refractivity contribution in [2.24, 2.45) is 5.14 Å². The lowest BCUT2D eigenvalue weighted by molar-refractivity contribution is 0.479. The van der Waals surface area contributed by atoms with Crippen molar-refractivity contribution in [3.63, 3.8) is 0 Å². The third-order valence-corrected chi connectivity index (χ3v) is 4.26. The van der Waals surface area contributed by atoms with E-state index in [1.54, 1.807) is 6.07 Å². The number of hydrogen-bond donors (Lipinski definition) is 3. The lowest BCUT2D eigenvalue weighted by Crippen LogP contribution is -2.33. The zero-order valence-electron chi connectivity index (χ0n) is 11.0. The van der Waals surface area contributed by atoms with Gasteiger partial charge in [0, 0.05) is 5.54 Å². The standard InChI is InChI=1S/C12H21N3O2S/c1-4-12(3,5-2)15-11-7-6-9(8-10(11)13)18(14,16)17/h6-8,15H,4-5,13H2,1-3H3,(H2,14,16,17). The van der Waals surface area contributed by atoms with Gasteiger partial charge in [0.15, 0.2) is 0 Å². The summed E-state index contributed by atoms with van der Waals surface area (Å²) in [5.41, 5.74) is 6.91. The van der Waals surface area contributed by atoms with Crippen molar-refractivity contribution in [3.05, 3.63) is 18.2 Å². The molecule has 0 saturated heterocycles. The highest BCUT2D eigenvalue weighted by Crippen LogP contribution is 2.27. The summed E-state index contributed by atoms with van der Waals surface area (Å²) in [5.74, 6) is 0. The van der Waals surface area contributed by atoms with Crippen LogP contribution in [0.25, 0.3) is 0 Å². The Morgan fingerprint density at radius 1 is 1.28 bits per heavy atom. The Balaban J connectivity index is 3.08. The van der Waals surface area contributed by atoms with E-state index in [2.05, 4.69) is 26.1 Å². The second-order valence-corrected chi connectivity index (χ2v) is 6.25. The lowest BCUT2D eigenvalue weighted by Gasteiger charge is -2.30. The SMILES string of the molecule is CCC(C)(CC)Nc1ccc(S(N)(=O)=O)cc1N. The summed E-state index contributed by atoms with van der Waals surface area (Å²) in [4.78, 5) is 0.0280. The van der Waals surface area contributed by atoms with E-state index in [0.29, 0.717) is 5.69 Å². The summed E-state index contributed by atoms with van der Waals surface area (Å²) in [6.45, 7) is 6.27. The van der Waals surface area contributed by atoms with E-state index in [-0.39, 0.29) is 10.4 Å². The smallest absolute Gasteiger partial charge is 0.238 e. The molecule has 0 amide bonds. The largest absolute Gasteiger partial charge is 0.397 e. The number of hydrogen-bond acceptors (Lipinski definition) is 4. The van der Waals surface area contributed by atoms with Gasteiger partial charge in [-0.25, -0.2) is 13.6 Å². The molecule has 0 aliphatic heterocycles. The van der Waals surface area contributed by atoms with Crippen molar-refractivity contribution in [2.75, 3.05) is 11.1 Å². The van der Waals surface area contributed by atoms with Gasteiger partial charge in [0.25, 0.3) is 0 Å². The van der Waals surface area contributed by atoms with Crippen LogP contribution in [0, 0.1) is 0 Å². The molecule has 0 spiro atoms. The number of nitrogen functional groups attached to an aromatic ring is 1. The van der Waals surface area contributed by atoms with E-state index >= 15 is 0 Å². The normalized spacial score (nSPS) is 12.4. The molecule has 1 rings (SSSR count). The number of rotatable bonds is 5. The van der Waals surface area contributed by atoms with Gasteiger partial charge in [-0.2, -0.15) is 0 Å². The van der Waals surface area contributed by atoms with E-state index in [1.165, 1.54) is 12.1 Å². The summed E-state index contributed by atoms with van der Waals surface area (Å²) >= 11 is 0. The molecule has 1 aromatic rings. The third-order valence-electron chi connectivity index (χ3n) is 3.35. The van der Waals surface area contributed by atoms with Gasteiger partial charge in [0.2, 0.25) is 10.0 Å². The highest BCUT2D eigenvalue weighted by atomic mass is 32.2. The molecular weight excluding hydrogens is 250 g/mol. The molecule has 5 N–H and O–H groups in total. The molecule has 0 unspecified atom stereocenters. The first kappa shape index (κ1) is 14.8. The van der Waals surface area contributed by atoms with E-state index in [0.717, 1.165) is 18.5 Å². The van der Waals surface area contributed by atoms with Gasteiger partial charge in [-0.15, -0.1) is 0 Å². The van der Waals surface area contributed by atoms with Crippen LogP contribution in [0.15, 0.2) is 23.1 Å². The van der Waals surface area contributed by atoms with Crippen molar-refractivity contribution >= 4 is 21.4 Å². The predicted molar refractivity (Wildman–Crippen MR) is 74.8 cm³/mol. The highest BCUT2D eigenvalue weighted by Gasteiger charge is 2.20. The lowest BCUT2D eigenvalue weighted by atomic mass is 9.95. The van der Waals surface area contributed by atoms with Gasteiger partial charge in [-0.3, -0.25) is 0 Å². The van der Waals surface area contributed by atoms with Crippen LogP contribution < -0.4 is 16.2 Å². The molecule has 1 aromatic carbocycles. The van der Waals surface area contributed by atoms with Crippen LogP contribution in [0.5, 0.6) is 0 Å². The molecule has 0 aliphatic rings. The average Bonchev–Trinajstić information content (AvgIpc) is 2.30. The van der Waals surface area contributed by atoms with Gasteiger partial charge in [0.1, 0.15) is 0 Å². The molecule has 5 nitrogen and oxygen atoms in total. The Hall–Kier alpha value is -1.27. The topological polar surface area (TPSA) is 98.2 Å². The van der Waals surface area contributed by atoms with E-state index in [1.807, 2.05) is 0 Å². The fourth-order valence-electron chi connectivity index (χ4n) is 1.58. The first-order valence-corrected chi connectivity index (χ1v) is 7.47. The van der Waals surface area contributed by atoms with Crippen molar-refractivity contribution in [3.8, 4) is 0 Å². The monoisotopic (exact) mass is 271 g/mol. The second kappa shape index (κ2) is 5.16. The number of primary sulfonamides is 1. The zero-order valence-corrected chi connectivity index (χ0v) is 11.8. The number of anilines is 2. The Kier molecular flexibility index (Phi) is 4.24. The molecule has 0 saturated carbocycles. The first-order chi connectivity index (χ1) is 8.22. The van der Waals surface area contributed by atoms with E-state index in [9.17, 15) is 8.42 Å². The zero-order chi connectivity index (χ0) is 14.0. The van der Waals surface area contributed by atoms with Crippen LogP contribution in [-0.4, -0.2) is 14.0 Å². The molecule has 102 valence electrons. The molecule has 0 heterocycles. The predicted octanol–water partition coefficient (Wildman–Crippen LogP) is 1.91. The molecule has 6 heteroatoms. The van der Waals surface area contributed by atoms with Crippen molar-refractivity contribution in [1.29, 1.82) is 0 Å². The van der Waals surface area contributed by atoms with Gasteiger partial charge in [-0.1, -0.05) is 13.8 Å². The number of sulfonamides is 1. The maximum Gasteiger partial charge on any atom is 0.238 e. The van der Waals surface area contributed by atoms with Gasteiger partial charge < -0.3 is 11.1 Å². The minimum Gasteiger partial charge on any atom is -0.397 e. The first-order valence-electron chi connectivity index (χ1n) is 5.92.